The summed E-state index contributed by atoms with van der Waals surface area (Å²) in [4.78, 5) is 4.45. The van der Waals surface area contributed by atoms with Gasteiger partial charge in [0.05, 0.1) is 5.69 Å². The van der Waals surface area contributed by atoms with E-state index in [0.29, 0.717) is 5.41 Å². The number of hydrogen-bond donors (Lipinski definition) is 0. The van der Waals surface area contributed by atoms with Crippen LogP contribution in [0.15, 0.2) is 18.3 Å². The first-order chi connectivity index (χ1) is 7.01. The Morgan fingerprint density at radius 2 is 2.00 bits per heavy atom. The van der Waals surface area contributed by atoms with Crippen LogP contribution in [0.5, 0.6) is 0 Å². The van der Waals surface area contributed by atoms with Gasteiger partial charge in [0.15, 0.2) is 0 Å². The average Bonchev–Trinajstić information content (AvgIpc) is 2.17. The van der Waals surface area contributed by atoms with Crippen LogP contribution >= 0.6 is 11.8 Å². The average molecular weight is 223 g/mol. The summed E-state index contributed by atoms with van der Waals surface area (Å²) in [6.07, 6.45) is 3.06. The third-order valence-electron chi connectivity index (χ3n) is 2.08. The maximum absolute atomic E-state index is 4.45. The van der Waals surface area contributed by atoms with Crippen molar-refractivity contribution < 1.29 is 0 Å². The fraction of sp³-hybridized carbons (Fsp3) is 0.615. The maximum atomic E-state index is 4.45. The molecule has 1 rings (SSSR count). The molecule has 0 aliphatic heterocycles. The molecule has 0 bridgehead atoms. The van der Waals surface area contributed by atoms with Gasteiger partial charge < -0.3 is 0 Å². The van der Waals surface area contributed by atoms with E-state index >= 15 is 0 Å². The highest BCUT2D eigenvalue weighted by Crippen LogP contribution is 2.22. The van der Waals surface area contributed by atoms with Gasteiger partial charge in [-0.1, -0.05) is 33.8 Å². The molecular weight excluding hydrogens is 202 g/mol. The molecule has 0 aliphatic rings. The van der Waals surface area contributed by atoms with Gasteiger partial charge in [-0.25, -0.2) is 0 Å². The minimum Gasteiger partial charge on any atom is -0.260 e. The Morgan fingerprint density at radius 3 is 2.47 bits per heavy atom. The fourth-order valence-corrected chi connectivity index (χ4v) is 2.31. The second-order valence-corrected chi connectivity index (χ2v) is 6.05. The quantitative estimate of drug-likeness (QED) is 0.767. The zero-order chi connectivity index (χ0) is 11.3. The standard InChI is InChI=1S/C13H21NS/c1-5-11-6-7-12(14-8-11)9-15-10-13(2,3)4/h6-8H,5,9-10H2,1-4H3. The Kier molecular flexibility index (Phi) is 4.65. The van der Waals surface area contributed by atoms with E-state index in [1.165, 1.54) is 17.0 Å². The molecule has 1 heterocycles. The molecule has 0 atom stereocenters. The van der Waals surface area contributed by atoms with Crippen LogP contribution in [0.2, 0.25) is 0 Å². The molecule has 15 heavy (non-hydrogen) atoms. The largest absolute Gasteiger partial charge is 0.260 e. The lowest BCUT2D eigenvalue weighted by atomic mass is 10.0. The smallest absolute Gasteiger partial charge is 0.0502 e. The van der Waals surface area contributed by atoms with Crippen LogP contribution < -0.4 is 0 Å². The molecule has 0 fully saturated rings. The zero-order valence-corrected chi connectivity index (χ0v) is 11.0. The van der Waals surface area contributed by atoms with Crippen molar-refractivity contribution in [3.05, 3.63) is 29.6 Å². The van der Waals surface area contributed by atoms with Gasteiger partial charge in [0, 0.05) is 11.9 Å². The molecule has 1 aromatic rings. The van der Waals surface area contributed by atoms with Crippen LogP contribution in [0.25, 0.3) is 0 Å². The van der Waals surface area contributed by atoms with Crippen LogP contribution in [0, 0.1) is 5.41 Å². The molecule has 0 spiro atoms. The predicted octanol–water partition coefficient (Wildman–Crippen LogP) is 3.92. The summed E-state index contributed by atoms with van der Waals surface area (Å²) in [7, 11) is 0. The van der Waals surface area contributed by atoms with Crippen molar-refractivity contribution in [3.63, 3.8) is 0 Å². The third kappa shape index (κ3) is 5.22. The number of aryl methyl sites for hydroxylation is 1. The van der Waals surface area contributed by atoms with Crippen LogP contribution in [0.3, 0.4) is 0 Å². The van der Waals surface area contributed by atoms with E-state index < -0.39 is 0 Å². The molecule has 0 N–H and O–H groups in total. The Hall–Kier alpha value is -0.500. The molecule has 2 heteroatoms. The van der Waals surface area contributed by atoms with Gasteiger partial charge in [0.25, 0.3) is 0 Å². The molecule has 0 aliphatic carbocycles. The molecule has 84 valence electrons. The lowest BCUT2D eigenvalue weighted by Crippen LogP contribution is -2.08. The summed E-state index contributed by atoms with van der Waals surface area (Å²) in [5.74, 6) is 2.21. The first kappa shape index (κ1) is 12.6. The van der Waals surface area contributed by atoms with E-state index in [4.69, 9.17) is 0 Å². The maximum Gasteiger partial charge on any atom is 0.0502 e. The zero-order valence-electron chi connectivity index (χ0n) is 10.2. The Morgan fingerprint density at radius 1 is 1.27 bits per heavy atom. The van der Waals surface area contributed by atoms with Crippen molar-refractivity contribution in [1.29, 1.82) is 0 Å². The van der Waals surface area contributed by atoms with E-state index in [1.807, 2.05) is 18.0 Å². The molecular formula is C13H21NS. The van der Waals surface area contributed by atoms with Gasteiger partial charge >= 0.3 is 0 Å². The second-order valence-electron chi connectivity index (χ2n) is 5.06. The van der Waals surface area contributed by atoms with Crippen molar-refractivity contribution in [1.82, 2.24) is 4.98 Å². The van der Waals surface area contributed by atoms with Crippen molar-refractivity contribution in [3.8, 4) is 0 Å². The number of rotatable bonds is 4. The normalized spacial score (nSPS) is 11.7. The highest BCUT2D eigenvalue weighted by molar-refractivity contribution is 7.98. The summed E-state index contributed by atoms with van der Waals surface area (Å²) in [6, 6.07) is 4.33. The van der Waals surface area contributed by atoms with Crippen molar-refractivity contribution >= 4 is 11.8 Å². The van der Waals surface area contributed by atoms with Gasteiger partial charge in [-0.3, -0.25) is 4.98 Å². The van der Waals surface area contributed by atoms with Crippen LogP contribution in [0.1, 0.15) is 39.0 Å². The summed E-state index contributed by atoms with van der Waals surface area (Å²) in [5.41, 5.74) is 2.93. The molecule has 0 saturated carbocycles. The van der Waals surface area contributed by atoms with Crippen molar-refractivity contribution in [2.45, 2.75) is 39.9 Å². The first-order valence-corrected chi connectivity index (χ1v) is 6.68. The van der Waals surface area contributed by atoms with Gasteiger partial charge in [-0.2, -0.15) is 11.8 Å². The fourth-order valence-electron chi connectivity index (χ4n) is 1.21. The minimum absolute atomic E-state index is 0.411. The van der Waals surface area contributed by atoms with Crippen LogP contribution in [-0.2, 0) is 12.2 Å². The highest BCUT2D eigenvalue weighted by Gasteiger charge is 2.09. The SMILES string of the molecule is CCc1ccc(CSCC(C)(C)C)nc1. The van der Waals surface area contributed by atoms with Crippen LogP contribution in [-0.4, -0.2) is 10.7 Å². The molecule has 0 radical (unpaired) electrons. The predicted molar refractivity (Wildman–Crippen MR) is 69.2 cm³/mol. The highest BCUT2D eigenvalue weighted by atomic mass is 32.2. The first-order valence-electron chi connectivity index (χ1n) is 5.53. The minimum atomic E-state index is 0.411. The summed E-state index contributed by atoms with van der Waals surface area (Å²) in [5, 5.41) is 0. The van der Waals surface area contributed by atoms with Crippen LogP contribution in [0.4, 0.5) is 0 Å². The second kappa shape index (κ2) is 5.55. The Bertz CT molecular complexity index is 284. The Labute approximate surface area is 97.7 Å². The van der Waals surface area contributed by atoms with E-state index in [0.717, 1.165) is 12.2 Å². The van der Waals surface area contributed by atoms with Crippen molar-refractivity contribution in [2.24, 2.45) is 5.41 Å². The topological polar surface area (TPSA) is 12.9 Å². The summed E-state index contributed by atoms with van der Waals surface area (Å²) < 4.78 is 0. The molecule has 0 unspecified atom stereocenters. The van der Waals surface area contributed by atoms with E-state index in [2.05, 4.69) is 44.8 Å². The molecule has 1 nitrogen and oxygen atoms in total. The summed E-state index contributed by atoms with van der Waals surface area (Å²) >= 11 is 1.96. The summed E-state index contributed by atoms with van der Waals surface area (Å²) in [6.45, 7) is 8.97. The third-order valence-corrected chi connectivity index (χ3v) is 3.65. The number of aromatic nitrogens is 1. The molecule has 1 aromatic heterocycles. The van der Waals surface area contributed by atoms with Gasteiger partial charge in [-0.05, 0) is 29.2 Å². The van der Waals surface area contributed by atoms with Gasteiger partial charge in [-0.15, -0.1) is 0 Å². The monoisotopic (exact) mass is 223 g/mol. The van der Waals surface area contributed by atoms with E-state index in [1.54, 1.807) is 0 Å². The number of hydrogen-bond acceptors (Lipinski definition) is 2. The Balaban J connectivity index is 2.38. The molecule has 0 saturated heterocycles. The lowest BCUT2D eigenvalue weighted by Gasteiger charge is -2.16. The van der Waals surface area contributed by atoms with Gasteiger partial charge in [0.1, 0.15) is 0 Å². The van der Waals surface area contributed by atoms with Gasteiger partial charge in [0.2, 0.25) is 0 Å². The number of thioether (sulfide) groups is 1. The molecule has 0 aromatic carbocycles. The van der Waals surface area contributed by atoms with E-state index in [9.17, 15) is 0 Å². The number of nitrogens with zero attached hydrogens (tertiary/aromatic N) is 1. The van der Waals surface area contributed by atoms with Crippen molar-refractivity contribution in [2.75, 3.05) is 5.75 Å². The number of pyridine rings is 1. The molecule has 0 amide bonds. The lowest BCUT2D eigenvalue weighted by molar-refractivity contribution is 0.480. The van der Waals surface area contributed by atoms with E-state index in [-0.39, 0.29) is 0 Å².